The van der Waals surface area contributed by atoms with Crippen LogP contribution >= 0.6 is 0 Å². The molecule has 9 heteroatoms. The highest BCUT2D eigenvalue weighted by atomic mass is 32.2. The number of aromatic nitrogens is 2. The summed E-state index contributed by atoms with van der Waals surface area (Å²) in [5, 5.41) is 3.37. The number of rotatable bonds is 4. The molecular formula is C17H28N4O4S. The molecule has 1 N–H and O–H groups in total. The van der Waals surface area contributed by atoms with Gasteiger partial charge in [-0.2, -0.15) is 4.31 Å². The second kappa shape index (κ2) is 6.94. The average molecular weight is 385 g/mol. The van der Waals surface area contributed by atoms with E-state index in [1.54, 1.807) is 4.31 Å². The summed E-state index contributed by atoms with van der Waals surface area (Å²) in [7, 11) is -1.22. The molecular weight excluding hydrogens is 356 g/mol. The Kier molecular flexibility index (Phi) is 5.15. The molecule has 1 saturated carbocycles. The third-order valence-electron chi connectivity index (χ3n) is 5.80. The number of hydrogen-bond acceptors (Lipinski definition) is 5. The Balaban J connectivity index is 2.10. The van der Waals surface area contributed by atoms with Crippen LogP contribution in [0.15, 0.2) is 20.7 Å². The van der Waals surface area contributed by atoms with Gasteiger partial charge in [0.25, 0.3) is 15.6 Å². The van der Waals surface area contributed by atoms with Crippen molar-refractivity contribution in [2.45, 2.75) is 61.9 Å². The Morgan fingerprint density at radius 3 is 2.46 bits per heavy atom. The van der Waals surface area contributed by atoms with Gasteiger partial charge < -0.3 is 9.88 Å². The molecule has 2 fully saturated rings. The number of aryl methyl sites for hydroxylation is 1. The van der Waals surface area contributed by atoms with Crippen LogP contribution < -0.4 is 16.6 Å². The van der Waals surface area contributed by atoms with Crippen LogP contribution in [0.5, 0.6) is 0 Å². The summed E-state index contributed by atoms with van der Waals surface area (Å²) >= 11 is 0. The van der Waals surface area contributed by atoms with E-state index in [4.69, 9.17) is 0 Å². The molecule has 2 aliphatic rings. The van der Waals surface area contributed by atoms with Crippen LogP contribution in [0.3, 0.4) is 0 Å². The van der Waals surface area contributed by atoms with Crippen molar-refractivity contribution in [3.63, 3.8) is 0 Å². The van der Waals surface area contributed by atoms with Crippen LogP contribution in [0.2, 0.25) is 0 Å². The van der Waals surface area contributed by atoms with Gasteiger partial charge in [0.05, 0.1) is 0 Å². The van der Waals surface area contributed by atoms with E-state index >= 15 is 0 Å². The van der Waals surface area contributed by atoms with Crippen LogP contribution in [0.25, 0.3) is 0 Å². The molecule has 26 heavy (non-hydrogen) atoms. The smallest absolute Gasteiger partial charge is 0.313 e. The molecule has 1 aromatic rings. The van der Waals surface area contributed by atoms with Gasteiger partial charge in [-0.15, -0.1) is 0 Å². The Hall–Kier alpha value is -1.45. The first-order valence-electron chi connectivity index (χ1n) is 9.26. The topological polar surface area (TPSA) is 93.4 Å². The van der Waals surface area contributed by atoms with Crippen molar-refractivity contribution in [2.24, 2.45) is 14.1 Å². The second-order valence-corrected chi connectivity index (χ2v) is 9.36. The van der Waals surface area contributed by atoms with Crippen LogP contribution in [-0.2, 0) is 24.1 Å². The molecule has 3 rings (SSSR count). The standard InChI is InChI=1S/C17H28N4O4S/c1-4-18-13-10-17(8-6-5-7-9-17)21(11-13)26(24,25)14-12-19(2)16(23)20(3)15(14)22/h12-13,18H,4-11H2,1-3H3/t13-/m0/s1. The normalized spacial score (nSPS) is 23.6. The largest absolute Gasteiger partial charge is 0.330 e. The first-order valence-corrected chi connectivity index (χ1v) is 10.7. The van der Waals surface area contributed by atoms with Gasteiger partial charge in [-0.3, -0.25) is 9.36 Å². The summed E-state index contributed by atoms with van der Waals surface area (Å²) in [6.07, 6.45) is 6.68. The molecule has 8 nitrogen and oxygen atoms in total. The predicted octanol–water partition coefficient (Wildman–Crippen LogP) is 0.159. The molecule has 0 amide bonds. The minimum atomic E-state index is -3.99. The van der Waals surface area contributed by atoms with Crippen molar-refractivity contribution in [1.29, 1.82) is 0 Å². The summed E-state index contributed by atoms with van der Waals surface area (Å²) < 4.78 is 30.5. The molecule has 0 bridgehead atoms. The van der Waals surface area contributed by atoms with Crippen LogP contribution in [0.1, 0.15) is 45.4 Å². The lowest BCUT2D eigenvalue weighted by molar-refractivity contribution is 0.170. The third kappa shape index (κ3) is 3.05. The quantitative estimate of drug-likeness (QED) is 0.798. The second-order valence-electron chi connectivity index (χ2n) is 7.53. The number of nitrogens with zero attached hydrogens (tertiary/aromatic N) is 3. The minimum absolute atomic E-state index is 0.0873. The molecule has 0 unspecified atom stereocenters. The zero-order valence-electron chi connectivity index (χ0n) is 15.7. The Morgan fingerprint density at radius 1 is 1.19 bits per heavy atom. The van der Waals surface area contributed by atoms with Crippen molar-refractivity contribution < 1.29 is 8.42 Å². The molecule has 1 spiro atoms. The maximum atomic E-state index is 13.5. The highest BCUT2D eigenvalue weighted by Gasteiger charge is 2.51. The molecule has 1 saturated heterocycles. The minimum Gasteiger partial charge on any atom is -0.313 e. The number of sulfonamides is 1. The van der Waals surface area contributed by atoms with Crippen molar-refractivity contribution >= 4 is 10.0 Å². The monoisotopic (exact) mass is 384 g/mol. The van der Waals surface area contributed by atoms with E-state index in [2.05, 4.69) is 5.32 Å². The van der Waals surface area contributed by atoms with Crippen molar-refractivity contribution in [3.05, 3.63) is 27.0 Å². The van der Waals surface area contributed by atoms with E-state index in [0.717, 1.165) is 60.4 Å². The number of hydrogen-bond donors (Lipinski definition) is 1. The zero-order chi connectivity index (χ0) is 19.1. The number of nitrogens with one attached hydrogen (secondary N) is 1. The zero-order valence-corrected chi connectivity index (χ0v) is 16.5. The van der Waals surface area contributed by atoms with Crippen molar-refractivity contribution in [2.75, 3.05) is 13.1 Å². The summed E-state index contributed by atoms with van der Waals surface area (Å²) in [5.74, 6) is 0. The van der Waals surface area contributed by atoms with Gasteiger partial charge in [-0.25, -0.2) is 13.2 Å². The van der Waals surface area contributed by atoms with E-state index in [-0.39, 0.29) is 10.9 Å². The van der Waals surface area contributed by atoms with Gasteiger partial charge in [-0.05, 0) is 25.8 Å². The molecule has 146 valence electrons. The van der Waals surface area contributed by atoms with Crippen molar-refractivity contribution in [1.82, 2.24) is 18.8 Å². The molecule has 1 aromatic heterocycles. The molecule has 1 atom stereocenters. The van der Waals surface area contributed by atoms with E-state index in [0.29, 0.717) is 6.54 Å². The van der Waals surface area contributed by atoms with Gasteiger partial charge in [-0.1, -0.05) is 26.2 Å². The van der Waals surface area contributed by atoms with Crippen molar-refractivity contribution in [3.8, 4) is 0 Å². The van der Waals surface area contributed by atoms with Crippen LogP contribution in [0, 0.1) is 0 Å². The fourth-order valence-corrected chi connectivity index (χ4v) is 6.56. The van der Waals surface area contributed by atoms with Gasteiger partial charge in [0.15, 0.2) is 4.90 Å². The molecule has 0 radical (unpaired) electrons. The molecule has 2 heterocycles. The maximum absolute atomic E-state index is 13.5. The first kappa shape index (κ1) is 19.3. The first-order chi connectivity index (χ1) is 12.2. The third-order valence-corrected chi connectivity index (χ3v) is 7.75. The Bertz CT molecular complexity index is 896. The Labute approximate surface area is 153 Å². The highest BCUT2D eigenvalue weighted by molar-refractivity contribution is 7.89. The summed E-state index contributed by atoms with van der Waals surface area (Å²) in [6.45, 7) is 3.14. The van der Waals surface area contributed by atoms with Gasteiger partial charge in [0.2, 0.25) is 0 Å². The molecule has 1 aliphatic heterocycles. The predicted molar refractivity (Wildman–Crippen MR) is 98.7 cm³/mol. The summed E-state index contributed by atoms with van der Waals surface area (Å²) in [5.41, 5.74) is -1.72. The highest BCUT2D eigenvalue weighted by Crippen LogP contribution is 2.44. The summed E-state index contributed by atoms with van der Waals surface area (Å²) in [4.78, 5) is 24.2. The molecule has 0 aromatic carbocycles. The van der Waals surface area contributed by atoms with Gasteiger partial charge >= 0.3 is 5.69 Å². The van der Waals surface area contributed by atoms with Gasteiger partial charge in [0.1, 0.15) is 0 Å². The SMILES string of the molecule is CCN[C@@H]1CN(S(=O)(=O)c2cn(C)c(=O)n(C)c2=O)C2(CCCCC2)C1. The van der Waals surface area contributed by atoms with Gasteiger partial charge in [0, 0.05) is 38.4 Å². The van der Waals surface area contributed by atoms with Crippen LogP contribution in [-0.4, -0.2) is 46.5 Å². The van der Waals surface area contributed by atoms with E-state index in [1.807, 2.05) is 6.92 Å². The number of likely N-dealkylation sites (N-methyl/N-ethyl adjacent to an activating group) is 1. The lowest BCUT2D eigenvalue weighted by atomic mass is 9.80. The fourth-order valence-electron chi connectivity index (χ4n) is 4.53. The van der Waals surface area contributed by atoms with E-state index in [1.165, 1.54) is 14.1 Å². The van der Waals surface area contributed by atoms with E-state index < -0.39 is 26.8 Å². The lowest BCUT2D eigenvalue weighted by Gasteiger charge is -2.40. The average Bonchev–Trinajstić information content (AvgIpc) is 2.95. The van der Waals surface area contributed by atoms with E-state index in [9.17, 15) is 18.0 Å². The summed E-state index contributed by atoms with van der Waals surface area (Å²) in [6, 6.07) is 0.0873. The van der Waals surface area contributed by atoms with Crippen LogP contribution in [0.4, 0.5) is 0 Å². The maximum Gasteiger partial charge on any atom is 0.330 e. The molecule has 1 aliphatic carbocycles. The lowest BCUT2D eigenvalue weighted by Crippen LogP contribution is -2.50. The Morgan fingerprint density at radius 2 is 1.85 bits per heavy atom. The fraction of sp³-hybridized carbons (Fsp3) is 0.765.